The van der Waals surface area contributed by atoms with Crippen LogP contribution in [0.15, 0.2) is 59.7 Å². The Morgan fingerprint density at radius 1 is 1.10 bits per heavy atom. The molecule has 0 radical (unpaired) electrons. The summed E-state index contributed by atoms with van der Waals surface area (Å²) in [4.78, 5) is 34.7. The van der Waals surface area contributed by atoms with Crippen molar-refractivity contribution in [1.29, 1.82) is 5.41 Å². The Hall–Kier alpha value is -5.55. The largest absolute Gasteiger partial charge is 0.493 e. The first kappa shape index (κ1) is 29.4. The van der Waals surface area contributed by atoms with Gasteiger partial charge in [0, 0.05) is 24.1 Å². The Balaban J connectivity index is 1.81. The lowest BCUT2D eigenvalue weighted by atomic mass is 10.0. The maximum absolute atomic E-state index is 12.9. The lowest BCUT2D eigenvalue weighted by molar-refractivity contribution is -0.189. The highest BCUT2D eigenvalue weighted by Crippen LogP contribution is 2.35. The molecule has 0 aliphatic rings. The van der Waals surface area contributed by atoms with Crippen LogP contribution in [0.5, 0.6) is 17.2 Å². The van der Waals surface area contributed by atoms with Crippen LogP contribution in [-0.2, 0) is 4.79 Å². The number of methoxy groups -OCH3 is 1. The Labute approximate surface area is 231 Å². The normalized spacial score (nSPS) is 12.1. The second-order valence-corrected chi connectivity index (χ2v) is 8.15. The summed E-state index contributed by atoms with van der Waals surface area (Å²) in [5.74, 6) is -4.53. The van der Waals surface area contributed by atoms with Gasteiger partial charge in [-0.3, -0.25) is 10.4 Å². The van der Waals surface area contributed by atoms with E-state index in [1.807, 2.05) is 0 Å². The van der Waals surface area contributed by atoms with E-state index < -0.39 is 42.1 Å². The van der Waals surface area contributed by atoms with Crippen LogP contribution in [0.1, 0.15) is 23.0 Å². The number of rotatable bonds is 10. The number of nitrogens with two attached hydrogens (primary N) is 1. The number of nitrogens with zero attached hydrogens (tertiary/aromatic N) is 4. The average molecular weight is 594 g/mol. The van der Waals surface area contributed by atoms with Gasteiger partial charge in [0.1, 0.15) is 17.6 Å². The predicted molar refractivity (Wildman–Crippen MR) is 134 cm³/mol. The number of amidine groups is 1. The van der Waals surface area contributed by atoms with Crippen molar-refractivity contribution in [2.24, 2.45) is 5.73 Å². The number of benzene rings is 2. The summed E-state index contributed by atoms with van der Waals surface area (Å²) >= 11 is 0. The van der Waals surface area contributed by atoms with Gasteiger partial charge < -0.3 is 25.3 Å². The highest BCUT2D eigenvalue weighted by Gasteiger charge is 2.42. The summed E-state index contributed by atoms with van der Waals surface area (Å²) in [7, 11) is 1.20. The number of nitrogen functional groups attached to an aromatic ring is 1. The van der Waals surface area contributed by atoms with Crippen LogP contribution in [0.4, 0.5) is 27.6 Å². The Morgan fingerprint density at radius 3 is 2.43 bits per heavy atom. The zero-order valence-corrected chi connectivity index (χ0v) is 21.1. The molecule has 2 heterocycles. The molecule has 0 amide bonds. The number of nitrogens with one attached hydrogen (secondary N) is 3. The Kier molecular flexibility index (Phi) is 8.34. The average Bonchev–Trinajstić information content (AvgIpc) is 3.32. The van der Waals surface area contributed by atoms with Crippen LogP contribution < -0.4 is 31.0 Å². The summed E-state index contributed by atoms with van der Waals surface area (Å²) in [6, 6.07) is 7.55. The molecule has 13 nitrogen and oxygen atoms in total. The second-order valence-electron chi connectivity index (χ2n) is 8.15. The molecule has 1 atom stereocenters. The number of H-pyrrole nitrogens is 1. The number of hydrogen-bond donors (Lipinski definition) is 4. The minimum Gasteiger partial charge on any atom is -0.493 e. The lowest BCUT2D eigenvalue weighted by Crippen LogP contribution is -2.29. The highest BCUT2D eigenvalue weighted by molar-refractivity contribution is 5.99. The monoisotopic (exact) mass is 594 g/mol. The third-order valence-electron chi connectivity index (χ3n) is 5.40. The third kappa shape index (κ3) is 6.60. The number of aromatic nitrogens is 5. The molecule has 2 aromatic heterocycles. The van der Waals surface area contributed by atoms with E-state index in [0.29, 0.717) is 0 Å². The number of alkyl halides is 5. The van der Waals surface area contributed by atoms with Gasteiger partial charge in [-0.05, 0) is 35.9 Å². The van der Waals surface area contributed by atoms with Crippen molar-refractivity contribution < 1.29 is 41.0 Å². The smallest absolute Gasteiger partial charge is 0.491 e. The summed E-state index contributed by atoms with van der Waals surface area (Å²) in [5.41, 5.74) is 4.61. The molecular weight excluding hydrogens is 575 g/mol. The van der Waals surface area contributed by atoms with E-state index in [4.69, 9.17) is 15.9 Å². The minimum atomic E-state index is -5.34. The van der Waals surface area contributed by atoms with Crippen molar-refractivity contribution in [2.75, 3.05) is 12.4 Å². The van der Waals surface area contributed by atoms with Crippen molar-refractivity contribution in [3.63, 3.8) is 0 Å². The first-order chi connectivity index (χ1) is 19.9. The number of anilines is 1. The first-order valence-electron chi connectivity index (χ1n) is 11.5. The maximum Gasteiger partial charge on any atom is 0.491 e. The maximum atomic E-state index is 12.9. The topological polar surface area (TPSA) is 183 Å². The molecule has 0 saturated carbocycles. The van der Waals surface area contributed by atoms with Gasteiger partial charge in [-0.25, -0.2) is 19.6 Å². The summed E-state index contributed by atoms with van der Waals surface area (Å²) in [6.07, 6.45) is -2.61. The first-order valence-corrected chi connectivity index (χ1v) is 11.5. The molecular formula is C24H19F5N8O5. The van der Waals surface area contributed by atoms with Gasteiger partial charge in [-0.1, -0.05) is 6.07 Å². The molecule has 0 aliphatic carbocycles. The van der Waals surface area contributed by atoms with Gasteiger partial charge in [-0.15, -0.1) is 9.78 Å². The van der Waals surface area contributed by atoms with E-state index in [0.717, 1.165) is 16.8 Å². The zero-order valence-electron chi connectivity index (χ0n) is 21.1. The van der Waals surface area contributed by atoms with Crippen LogP contribution in [0, 0.1) is 5.41 Å². The van der Waals surface area contributed by atoms with Crippen LogP contribution in [-0.4, -0.2) is 56.4 Å². The summed E-state index contributed by atoms with van der Waals surface area (Å²) < 4.78 is 79.3. The molecule has 0 fully saturated rings. The molecule has 2 aromatic carbocycles. The highest BCUT2D eigenvalue weighted by atomic mass is 19.4. The van der Waals surface area contributed by atoms with E-state index in [9.17, 15) is 31.5 Å². The molecule has 1 unspecified atom stereocenters. The van der Waals surface area contributed by atoms with Crippen molar-refractivity contribution in [2.45, 2.75) is 18.8 Å². The summed E-state index contributed by atoms with van der Waals surface area (Å²) in [5, 5.41) is 14.7. The fraction of sp³-hybridized carbons (Fsp3) is 0.167. The van der Waals surface area contributed by atoms with E-state index in [2.05, 4.69) is 34.8 Å². The standard InChI is InChI=1S/C24H19F5N8O5/c1-40-16-9-11(3-6-14(16)42-21(25)26)17(19-35-23(39)37(36-19)22-32-7-2-8-33-22)34-12-4-5-13(18(30)31)15(10-12)41-20(38)24(27,28)29/h2-10,17,21,34H,1H3,(H3,30,31)(H,35,36,39). The molecule has 0 bridgehead atoms. The van der Waals surface area contributed by atoms with Gasteiger partial charge in [0.2, 0.25) is 0 Å². The molecule has 4 rings (SSSR count). The SMILES string of the molecule is COc1cc(C(Nc2ccc(C(=N)N)c(OC(=O)C(F)(F)F)c2)c2nn(-c3ncccn3)c(=O)[nH]2)ccc1OC(F)F. The van der Waals surface area contributed by atoms with Crippen molar-refractivity contribution in [3.05, 3.63) is 82.3 Å². The molecule has 18 heteroatoms. The molecule has 42 heavy (non-hydrogen) atoms. The van der Waals surface area contributed by atoms with Crippen LogP contribution in [0.3, 0.4) is 0 Å². The van der Waals surface area contributed by atoms with Gasteiger partial charge in [0.05, 0.1) is 12.7 Å². The van der Waals surface area contributed by atoms with E-state index in [1.54, 1.807) is 0 Å². The van der Waals surface area contributed by atoms with Crippen molar-refractivity contribution in [3.8, 4) is 23.2 Å². The predicted octanol–water partition coefficient (Wildman–Crippen LogP) is 2.91. The van der Waals surface area contributed by atoms with E-state index >= 15 is 0 Å². The number of ether oxygens (including phenoxy) is 3. The van der Waals surface area contributed by atoms with Gasteiger partial charge >= 0.3 is 24.4 Å². The second kappa shape index (κ2) is 11.9. The molecule has 0 spiro atoms. The Bertz CT molecular complexity index is 1660. The number of carbonyl (C=O) groups excluding carboxylic acids is 1. The third-order valence-corrected chi connectivity index (χ3v) is 5.40. The minimum absolute atomic E-state index is 0.00760. The number of carbonyl (C=O) groups is 1. The molecule has 5 N–H and O–H groups in total. The molecule has 220 valence electrons. The van der Waals surface area contributed by atoms with Crippen LogP contribution in [0.25, 0.3) is 5.95 Å². The molecule has 0 saturated heterocycles. The number of halogens is 5. The lowest BCUT2D eigenvalue weighted by Gasteiger charge is -2.21. The number of aromatic amines is 1. The van der Waals surface area contributed by atoms with Gasteiger partial charge in [0.25, 0.3) is 5.95 Å². The Morgan fingerprint density at radius 2 is 1.81 bits per heavy atom. The van der Waals surface area contributed by atoms with E-state index in [-0.39, 0.29) is 40.1 Å². The van der Waals surface area contributed by atoms with Crippen molar-refractivity contribution >= 4 is 17.5 Å². The summed E-state index contributed by atoms with van der Waals surface area (Å²) in [6.45, 7) is -3.16. The van der Waals surface area contributed by atoms with Crippen LogP contribution in [0.2, 0.25) is 0 Å². The molecule has 4 aromatic rings. The van der Waals surface area contributed by atoms with E-state index in [1.165, 1.54) is 49.8 Å². The fourth-order valence-electron chi connectivity index (χ4n) is 3.62. The van der Waals surface area contributed by atoms with Crippen molar-refractivity contribution in [1.82, 2.24) is 24.7 Å². The fourth-order valence-corrected chi connectivity index (χ4v) is 3.62. The number of hydrogen-bond acceptors (Lipinski definition) is 10. The van der Waals surface area contributed by atoms with Gasteiger partial charge in [0.15, 0.2) is 17.3 Å². The van der Waals surface area contributed by atoms with Crippen LogP contribution >= 0.6 is 0 Å². The van der Waals surface area contributed by atoms with Gasteiger partial charge in [-0.2, -0.15) is 22.0 Å². The molecule has 0 aliphatic heterocycles. The quantitative estimate of drug-likeness (QED) is 0.0700. The number of esters is 1. The zero-order chi connectivity index (χ0) is 30.6.